The molecule has 0 radical (unpaired) electrons. The number of nitrogens with one attached hydrogen (secondary N) is 2. The van der Waals surface area contributed by atoms with Gasteiger partial charge >= 0.3 is 0 Å². The van der Waals surface area contributed by atoms with Crippen LogP contribution >= 0.6 is 27.7 Å². The van der Waals surface area contributed by atoms with E-state index in [-0.39, 0.29) is 17.2 Å². The fourth-order valence-corrected chi connectivity index (χ4v) is 4.09. The quantitative estimate of drug-likeness (QED) is 0.557. The van der Waals surface area contributed by atoms with Gasteiger partial charge in [-0.05, 0) is 70.7 Å². The monoisotopic (exact) mass is 448 g/mol. The summed E-state index contributed by atoms with van der Waals surface area (Å²) in [6.45, 7) is 4.41. The van der Waals surface area contributed by atoms with E-state index in [2.05, 4.69) is 45.6 Å². The number of amides is 1. The Morgan fingerprint density at radius 1 is 1.30 bits per heavy atom. The smallest absolute Gasteiger partial charge is 0.260 e. The standard InChI is InChI=1S/C20H21BrN2O3S/c1-3-12-5-7-14(8-6-12)22-20-23-19(25)17(27-20)11-13-9-15(21)18(24)16(10-13)26-4-2/h5-11,20,22,24H,3-4H2,1-2H3,(H,23,25)/b17-11+. The van der Waals surface area contributed by atoms with Crippen LogP contribution in [0.15, 0.2) is 45.8 Å². The highest BCUT2D eigenvalue weighted by Gasteiger charge is 2.27. The van der Waals surface area contributed by atoms with Crippen LogP contribution in [-0.4, -0.2) is 23.1 Å². The number of phenolic OH excluding ortho intramolecular Hbond substituents is 1. The molecular formula is C20H21BrN2O3S. The SMILES string of the molecule is CCOc1cc(/C=C2/SC(Nc3ccc(CC)cc3)NC2=O)cc(Br)c1O. The average molecular weight is 449 g/mol. The number of phenols is 1. The average Bonchev–Trinajstić information content (AvgIpc) is 2.99. The first-order chi connectivity index (χ1) is 13.0. The lowest BCUT2D eigenvalue weighted by molar-refractivity contribution is -0.116. The third kappa shape index (κ3) is 4.78. The Morgan fingerprint density at radius 2 is 2.04 bits per heavy atom. The molecule has 1 heterocycles. The number of benzene rings is 2. The van der Waals surface area contributed by atoms with Crippen LogP contribution in [-0.2, 0) is 11.2 Å². The minimum Gasteiger partial charge on any atom is -0.503 e. The highest BCUT2D eigenvalue weighted by molar-refractivity contribution is 9.10. The van der Waals surface area contributed by atoms with Crippen molar-refractivity contribution in [2.75, 3.05) is 11.9 Å². The molecule has 0 aliphatic carbocycles. The maximum Gasteiger partial charge on any atom is 0.260 e. The zero-order valence-corrected chi connectivity index (χ0v) is 17.5. The van der Waals surface area contributed by atoms with Crippen molar-refractivity contribution in [3.8, 4) is 11.5 Å². The number of ether oxygens (including phenoxy) is 1. The molecule has 3 N–H and O–H groups in total. The van der Waals surface area contributed by atoms with Gasteiger partial charge < -0.3 is 20.5 Å². The number of carbonyl (C=O) groups is 1. The first-order valence-corrected chi connectivity index (χ1v) is 10.4. The Hall–Kier alpha value is -2.12. The summed E-state index contributed by atoms with van der Waals surface area (Å²) < 4.78 is 5.96. The van der Waals surface area contributed by atoms with Gasteiger partial charge in [-0.25, -0.2) is 0 Å². The second-order valence-electron chi connectivity index (χ2n) is 5.96. The summed E-state index contributed by atoms with van der Waals surface area (Å²) in [4.78, 5) is 12.9. The van der Waals surface area contributed by atoms with E-state index in [1.165, 1.54) is 17.3 Å². The number of anilines is 1. The van der Waals surface area contributed by atoms with Crippen LogP contribution < -0.4 is 15.4 Å². The minimum atomic E-state index is -0.233. The van der Waals surface area contributed by atoms with E-state index in [0.717, 1.165) is 17.7 Å². The normalized spacial score (nSPS) is 17.8. The lowest BCUT2D eigenvalue weighted by Crippen LogP contribution is -2.30. The fourth-order valence-electron chi connectivity index (χ4n) is 2.65. The number of hydrogen-bond acceptors (Lipinski definition) is 5. The largest absolute Gasteiger partial charge is 0.503 e. The van der Waals surface area contributed by atoms with Gasteiger partial charge in [0.15, 0.2) is 17.0 Å². The van der Waals surface area contributed by atoms with Crippen molar-refractivity contribution in [1.82, 2.24) is 5.32 Å². The molecule has 7 heteroatoms. The summed E-state index contributed by atoms with van der Waals surface area (Å²) in [6.07, 6.45) is 2.78. The summed E-state index contributed by atoms with van der Waals surface area (Å²) >= 11 is 4.74. The predicted molar refractivity (Wildman–Crippen MR) is 114 cm³/mol. The zero-order chi connectivity index (χ0) is 19.4. The zero-order valence-electron chi connectivity index (χ0n) is 15.1. The van der Waals surface area contributed by atoms with E-state index in [0.29, 0.717) is 21.7 Å². The van der Waals surface area contributed by atoms with Gasteiger partial charge in [-0.1, -0.05) is 30.8 Å². The number of aryl methyl sites for hydroxylation is 1. The predicted octanol–water partition coefficient (Wildman–Crippen LogP) is 4.72. The van der Waals surface area contributed by atoms with Crippen LogP contribution in [0.25, 0.3) is 6.08 Å². The van der Waals surface area contributed by atoms with Crippen LogP contribution in [0.4, 0.5) is 5.69 Å². The second kappa shape index (κ2) is 8.71. The number of rotatable bonds is 6. The molecule has 5 nitrogen and oxygen atoms in total. The van der Waals surface area contributed by atoms with Gasteiger partial charge in [-0.2, -0.15) is 0 Å². The van der Waals surface area contributed by atoms with E-state index >= 15 is 0 Å². The molecule has 1 aliphatic rings. The van der Waals surface area contributed by atoms with Crippen molar-refractivity contribution < 1.29 is 14.6 Å². The Kier molecular flexibility index (Phi) is 6.34. The summed E-state index contributed by atoms with van der Waals surface area (Å²) in [5.41, 5.74) is 2.77. The number of hydrogen-bond donors (Lipinski definition) is 3. The highest BCUT2D eigenvalue weighted by Crippen LogP contribution is 2.37. The lowest BCUT2D eigenvalue weighted by atomic mass is 10.1. The summed E-state index contributed by atoms with van der Waals surface area (Å²) in [5.74, 6) is 0.301. The van der Waals surface area contributed by atoms with Crippen molar-refractivity contribution >= 4 is 45.4 Å². The van der Waals surface area contributed by atoms with Gasteiger partial charge in [0.05, 0.1) is 16.0 Å². The van der Waals surface area contributed by atoms with E-state index in [4.69, 9.17) is 4.74 Å². The molecule has 0 aromatic heterocycles. The molecule has 1 fully saturated rings. The number of halogens is 1. The van der Waals surface area contributed by atoms with Crippen molar-refractivity contribution in [1.29, 1.82) is 0 Å². The van der Waals surface area contributed by atoms with Crippen LogP contribution in [0.1, 0.15) is 25.0 Å². The van der Waals surface area contributed by atoms with Crippen molar-refractivity contribution in [2.24, 2.45) is 0 Å². The molecule has 27 heavy (non-hydrogen) atoms. The van der Waals surface area contributed by atoms with E-state index in [9.17, 15) is 9.90 Å². The van der Waals surface area contributed by atoms with Gasteiger partial charge in [0.2, 0.25) is 0 Å². The molecule has 0 spiro atoms. The minimum absolute atomic E-state index is 0.0533. The topological polar surface area (TPSA) is 70.6 Å². The third-order valence-corrected chi connectivity index (χ3v) is 5.67. The fraction of sp³-hybridized carbons (Fsp3) is 0.250. The molecule has 3 rings (SSSR count). The van der Waals surface area contributed by atoms with Gasteiger partial charge in [0.25, 0.3) is 5.91 Å². The Bertz CT molecular complexity index is 868. The molecule has 2 aromatic carbocycles. The second-order valence-corrected chi connectivity index (χ2v) is 7.96. The van der Waals surface area contributed by atoms with Gasteiger partial charge in [-0.3, -0.25) is 4.79 Å². The molecule has 0 bridgehead atoms. The van der Waals surface area contributed by atoms with Crippen molar-refractivity contribution in [3.05, 3.63) is 56.9 Å². The van der Waals surface area contributed by atoms with Crippen molar-refractivity contribution in [2.45, 2.75) is 25.8 Å². The molecule has 1 unspecified atom stereocenters. The van der Waals surface area contributed by atoms with Gasteiger partial charge in [-0.15, -0.1) is 0 Å². The molecule has 0 saturated carbocycles. The molecular weight excluding hydrogens is 428 g/mol. The van der Waals surface area contributed by atoms with Crippen LogP contribution in [0.2, 0.25) is 0 Å². The van der Waals surface area contributed by atoms with E-state index < -0.39 is 0 Å². The molecule has 1 saturated heterocycles. The lowest BCUT2D eigenvalue weighted by Gasteiger charge is -2.13. The van der Waals surface area contributed by atoms with Crippen molar-refractivity contribution in [3.63, 3.8) is 0 Å². The number of carbonyl (C=O) groups excluding carboxylic acids is 1. The van der Waals surface area contributed by atoms with Crippen LogP contribution in [0.5, 0.6) is 11.5 Å². The Labute approximate surface area is 171 Å². The maximum absolute atomic E-state index is 12.3. The number of thioether (sulfide) groups is 1. The molecule has 1 aliphatic heterocycles. The summed E-state index contributed by atoms with van der Waals surface area (Å²) in [5, 5.41) is 16.2. The molecule has 142 valence electrons. The Balaban J connectivity index is 1.74. The Morgan fingerprint density at radius 3 is 2.70 bits per heavy atom. The summed E-state index contributed by atoms with van der Waals surface area (Å²) in [7, 11) is 0. The molecule has 1 amide bonds. The first kappa shape index (κ1) is 19.6. The van der Waals surface area contributed by atoms with Crippen LogP contribution in [0.3, 0.4) is 0 Å². The van der Waals surface area contributed by atoms with E-state index in [1.807, 2.05) is 19.1 Å². The van der Waals surface area contributed by atoms with Gasteiger partial charge in [0.1, 0.15) is 0 Å². The maximum atomic E-state index is 12.3. The molecule has 2 aromatic rings. The highest BCUT2D eigenvalue weighted by atomic mass is 79.9. The first-order valence-electron chi connectivity index (χ1n) is 8.70. The van der Waals surface area contributed by atoms with Gasteiger partial charge in [0, 0.05) is 5.69 Å². The molecule has 1 atom stereocenters. The number of aromatic hydroxyl groups is 1. The summed E-state index contributed by atoms with van der Waals surface area (Å²) in [6, 6.07) is 11.6. The van der Waals surface area contributed by atoms with E-state index in [1.54, 1.807) is 18.2 Å². The van der Waals surface area contributed by atoms with Crippen LogP contribution in [0, 0.1) is 0 Å². The third-order valence-electron chi connectivity index (χ3n) is 4.04.